The minimum atomic E-state index is -0.751. The number of nitrogens with zero attached hydrogens (tertiary/aromatic N) is 1. The molecule has 4 N–H and O–H groups in total. The van der Waals surface area contributed by atoms with E-state index in [1.54, 1.807) is 6.20 Å². The number of ether oxygens (including phenoxy) is 1. The van der Waals surface area contributed by atoms with Crippen LogP contribution >= 0.6 is 11.8 Å². The van der Waals surface area contributed by atoms with E-state index in [-0.39, 0.29) is 12.3 Å². The summed E-state index contributed by atoms with van der Waals surface area (Å²) in [6.45, 7) is 9.37. The molecular weight excluding hydrogens is 446 g/mol. The molecule has 3 aliphatic rings. The summed E-state index contributed by atoms with van der Waals surface area (Å²) in [4.78, 5) is 14.8. The largest absolute Gasteiger partial charge is 0.495 e. The minimum Gasteiger partial charge on any atom is -0.495 e. The summed E-state index contributed by atoms with van der Waals surface area (Å²) in [5.74, 6) is 0.375. The van der Waals surface area contributed by atoms with Gasteiger partial charge in [0, 0.05) is 43.0 Å². The van der Waals surface area contributed by atoms with Gasteiger partial charge in [-0.3, -0.25) is 4.79 Å². The molecule has 6 nitrogen and oxygen atoms in total. The molecule has 194 valence electrons. The molecule has 0 aromatic rings. The van der Waals surface area contributed by atoms with E-state index in [1.165, 1.54) is 48.1 Å². The van der Waals surface area contributed by atoms with E-state index in [9.17, 15) is 9.90 Å². The summed E-state index contributed by atoms with van der Waals surface area (Å²) >= 11 is 1.94. The van der Waals surface area contributed by atoms with Gasteiger partial charge < -0.3 is 25.8 Å². The molecule has 0 fully saturated rings. The van der Waals surface area contributed by atoms with Crippen molar-refractivity contribution in [1.29, 1.82) is 0 Å². The van der Waals surface area contributed by atoms with Crippen molar-refractivity contribution in [2.75, 3.05) is 20.2 Å². The fourth-order valence-corrected chi connectivity index (χ4v) is 5.66. The highest BCUT2D eigenvalue weighted by Crippen LogP contribution is 2.39. The van der Waals surface area contributed by atoms with E-state index >= 15 is 0 Å². The van der Waals surface area contributed by atoms with Crippen molar-refractivity contribution in [1.82, 2.24) is 10.2 Å². The van der Waals surface area contributed by atoms with Gasteiger partial charge in [0.25, 0.3) is 0 Å². The van der Waals surface area contributed by atoms with Gasteiger partial charge in [-0.1, -0.05) is 39.3 Å². The first-order valence-corrected chi connectivity index (χ1v) is 13.9. The van der Waals surface area contributed by atoms with Gasteiger partial charge in [0.05, 0.1) is 12.2 Å². The highest BCUT2D eigenvalue weighted by Gasteiger charge is 2.26. The molecule has 0 aromatic heterocycles. The summed E-state index contributed by atoms with van der Waals surface area (Å²) in [5.41, 5.74) is 8.22. The van der Waals surface area contributed by atoms with Crippen LogP contribution in [-0.4, -0.2) is 41.5 Å². The second-order valence-corrected chi connectivity index (χ2v) is 9.69. The molecule has 3 rings (SSSR count). The Morgan fingerprint density at radius 2 is 1.97 bits per heavy atom. The van der Waals surface area contributed by atoms with Crippen molar-refractivity contribution in [2.24, 2.45) is 11.7 Å². The Balaban J connectivity index is 0.00000137. The number of aliphatic carboxylic acids is 1. The van der Waals surface area contributed by atoms with E-state index in [4.69, 9.17) is 10.5 Å². The molecule has 0 spiro atoms. The van der Waals surface area contributed by atoms with Crippen LogP contribution in [0.1, 0.15) is 85.5 Å². The molecule has 0 radical (unpaired) electrons. The number of carboxylic acid groups (broad SMARTS) is 1. The number of carbonyl (C=O) groups is 1. The van der Waals surface area contributed by atoms with Crippen LogP contribution in [0.25, 0.3) is 0 Å². The Morgan fingerprint density at radius 3 is 2.65 bits per heavy atom. The molecule has 0 saturated carbocycles. The number of hydrogen-bond acceptors (Lipinski definition) is 6. The number of allylic oxidation sites excluding steroid dienone is 6. The maximum Gasteiger partial charge on any atom is 0.303 e. The molecular formula is C27H47N3O3S. The van der Waals surface area contributed by atoms with E-state index < -0.39 is 5.97 Å². The monoisotopic (exact) mass is 493 g/mol. The number of rotatable bonds is 10. The number of nitrogens with two attached hydrogens (primary N) is 1. The van der Waals surface area contributed by atoms with Crippen molar-refractivity contribution < 1.29 is 14.6 Å². The molecule has 2 aliphatic carbocycles. The first kappa shape index (κ1) is 30.0. The summed E-state index contributed by atoms with van der Waals surface area (Å²) in [5, 5.41) is 13.2. The lowest BCUT2D eigenvalue weighted by molar-refractivity contribution is -0.138. The predicted molar refractivity (Wildman–Crippen MR) is 145 cm³/mol. The van der Waals surface area contributed by atoms with Gasteiger partial charge in [0.2, 0.25) is 0 Å². The average Bonchev–Trinajstić information content (AvgIpc) is 3.12. The Kier molecular flexibility index (Phi) is 15.4. The molecule has 1 heterocycles. The van der Waals surface area contributed by atoms with Gasteiger partial charge in [-0.2, -0.15) is 0 Å². The zero-order valence-corrected chi connectivity index (χ0v) is 22.8. The molecule has 2 atom stereocenters. The van der Waals surface area contributed by atoms with Crippen LogP contribution in [0.5, 0.6) is 0 Å². The summed E-state index contributed by atoms with van der Waals surface area (Å²) < 4.78 is 6.16. The SMILES string of the molecule is CC.CC.CN(/C=C\N)CC(CC(=O)O)CC1=CCC=C(OCC2NC3=C(CCCC3)S2)CC1. The second kappa shape index (κ2) is 17.4. The summed E-state index contributed by atoms with van der Waals surface area (Å²) in [7, 11) is 1.93. The summed E-state index contributed by atoms with van der Waals surface area (Å²) in [6, 6.07) is 0. The van der Waals surface area contributed by atoms with E-state index in [1.807, 2.05) is 51.4 Å². The Labute approximate surface area is 211 Å². The number of carboxylic acids is 1. The van der Waals surface area contributed by atoms with Gasteiger partial charge in [-0.15, -0.1) is 11.8 Å². The van der Waals surface area contributed by atoms with Crippen LogP contribution in [-0.2, 0) is 9.53 Å². The first-order chi connectivity index (χ1) is 16.5. The normalized spacial score (nSPS) is 20.3. The summed E-state index contributed by atoms with van der Waals surface area (Å²) in [6.07, 6.45) is 16.3. The molecule has 2 unspecified atom stereocenters. The second-order valence-electron chi connectivity index (χ2n) is 8.39. The number of thioether (sulfide) groups is 1. The van der Waals surface area contributed by atoms with Gasteiger partial charge in [-0.05, 0) is 56.9 Å². The van der Waals surface area contributed by atoms with Crippen LogP contribution in [0, 0.1) is 5.92 Å². The van der Waals surface area contributed by atoms with Crippen LogP contribution in [0.15, 0.2) is 46.5 Å². The van der Waals surface area contributed by atoms with Gasteiger partial charge in [0.15, 0.2) is 0 Å². The third kappa shape index (κ3) is 10.9. The van der Waals surface area contributed by atoms with Crippen LogP contribution in [0.2, 0.25) is 0 Å². The molecule has 1 aliphatic heterocycles. The van der Waals surface area contributed by atoms with Crippen molar-refractivity contribution in [3.63, 3.8) is 0 Å². The minimum absolute atomic E-state index is 0.0638. The first-order valence-electron chi connectivity index (χ1n) is 13.0. The van der Waals surface area contributed by atoms with Crippen molar-refractivity contribution in [3.05, 3.63) is 46.5 Å². The van der Waals surface area contributed by atoms with Crippen molar-refractivity contribution >= 4 is 17.7 Å². The number of nitrogens with one attached hydrogen (secondary N) is 1. The lowest BCUT2D eigenvalue weighted by Gasteiger charge is -2.23. The Hall–Kier alpha value is -2.02. The van der Waals surface area contributed by atoms with Crippen LogP contribution in [0.3, 0.4) is 0 Å². The van der Waals surface area contributed by atoms with Gasteiger partial charge in [0.1, 0.15) is 12.0 Å². The highest BCUT2D eigenvalue weighted by molar-refractivity contribution is 8.03. The maximum absolute atomic E-state index is 11.3. The van der Waals surface area contributed by atoms with Gasteiger partial charge in [-0.25, -0.2) is 0 Å². The smallest absolute Gasteiger partial charge is 0.303 e. The topological polar surface area (TPSA) is 87.8 Å². The predicted octanol–water partition coefficient (Wildman–Crippen LogP) is 6.34. The van der Waals surface area contributed by atoms with Gasteiger partial charge >= 0.3 is 5.97 Å². The molecule has 0 saturated heterocycles. The fraction of sp³-hybridized carbons (Fsp3) is 0.667. The van der Waals surface area contributed by atoms with Crippen molar-refractivity contribution in [2.45, 2.75) is 90.9 Å². The van der Waals surface area contributed by atoms with Crippen LogP contribution < -0.4 is 11.1 Å². The Morgan fingerprint density at radius 1 is 1.24 bits per heavy atom. The standard InChI is InChI=1S/C23H35N3O3S.2C2H6/c1-26(12-11-24)15-18(14-23(27)28)13-17-5-4-6-19(10-9-17)29-16-22-25-20-7-2-3-8-21(20)30-22;2*1-2/h5-6,11-12,18,22,25H,2-4,7-10,13-16,24H2,1H3,(H,27,28);2*1-2H3/b12-11-;;. The highest BCUT2D eigenvalue weighted by atomic mass is 32.2. The molecule has 0 aromatic carbocycles. The third-order valence-corrected chi connectivity index (χ3v) is 7.08. The molecule has 0 amide bonds. The quantitative estimate of drug-likeness (QED) is 0.306. The molecule has 7 heteroatoms. The average molecular weight is 494 g/mol. The number of hydrogen-bond donors (Lipinski definition) is 3. The fourth-order valence-electron chi connectivity index (χ4n) is 4.41. The lowest BCUT2D eigenvalue weighted by Crippen LogP contribution is -2.25. The lowest BCUT2D eigenvalue weighted by atomic mass is 9.93. The van der Waals surface area contributed by atoms with E-state index in [0.29, 0.717) is 18.5 Å². The molecule has 34 heavy (non-hydrogen) atoms. The zero-order valence-electron chi connectivity index (χ0n) is 21.9. The zero-order chi connectivity index (χ0) is 25.3. The van der Waals surface area contributed by atoms with Crippen LogP contribution in [0.4, 0.5) is 0 Å². The van der Waals surface area contributed by atoms with E-state index in [2.05, 4.69) is 17.5 Å². The third-order valence-electron chi connectivity index (χ3n) is 5.80. The Bertz CT molecular complexity index is 713. The maximum atomic E-state index is 11.3. The van der Waals surface area contributed by atoms with E-state index in [0.717, 1.165) is 31.4 Å². The molecule has 0 bridgehead atoms. The van der Waals surface area contributed by atoms with Crippen molar-refractivity contribution in [3.8, 4) is 0 Å².